The Kier molecular flexibility index (Phi) is 3.44. The van der Waals surface area contributed by atoms with Gasteiger partial charge in [0.1, 0.15) is 0 Å². The lowest BCUT2D eigenvalue weighted by atomic mass is 10.1. The van der Waals surface area contributed by atoms with E-state index in [0.29, 0.717) is 6.54 Å². The quantitative estimate of drug-likeness (QED) is 0.528. The van der Waals surface area contributed by atoms with E-state index in [0.717, 1.165) is 10.4 Å². The van der Waals surface area contributed by atoms with Gasteiger partial charge in [-0.05, 0) is 30.9 Å². The van der Waals surface area contributed by atoms with Crippen LogP contribution in [-0.2, 0) is 6.54 Å². The Morgan fingerprint density at radius 1 is 1.20 bits per heavy atom. The van der Waals surface area contributed by atoms with Gasteiger partial charge in [0.15, 0.2) is 5.69 Å². The highest BCUT2D eigenvalue weighted by atomic mass is 32.1. The third-order valence-electron chi connectivity index (χ3n) is 3.71. The molecule has 20 heavy (non-hydrogen) atoms. The van der Waals surface area contributed by atoms with E-state index in [-0.39, 0.29) is 5.78 Å². The summed E-state index contributed by atoms with van der Waals surface area (Å²) in [6.07, 6.45) is 0. The fourth-order valence-electron chi connectivity index (χ4n) is 2.33. The molecule has 3 aromatic rings. The number of aryl methyl sites for hydroxylation is 2. The second-order valence-corrected chi connectivity index (χ2v) is 7.08. The van der Waals surface area contributed by atoms with Gasteiger partial charge in [0.2, 0.25) is 17.8 Å². The van der Waals surface area contributed by atoms with Gasteiger partial charge in [-0.25, -0.2) is 0 Å². The Hall–Kier alpha value is -1.52. The first-order valence-corrected chi connectivity index (χ1v) is 8.23. The maximum Gasteiger partial charge on any atom is 0.237 e. The van der Waals surface area contributed by atoms with Gasteiger partial charge in [0, 0.05) is 11.6 Å². The summed E-state index contributed by atoms with van der Waals surface area (Å²) in [6, 6.07) is 8.22. The van der Waals surface area contributed by atoms with E-state index in [2.05, 4.69) is 26.0 Å². The number of nitrogens with zero attached hydrogens (tertiary/aromatic N) is 1. The van der Waals surface area contributed by atoms with E-state index in [1.54, 1.807) is 22.7 Å². The van der Waals surface area contributed by atoms with E-state index in [1.807, 2.05) is 29.1 Å². The predicted molar refractivity (Wildman–Crippen MR) is 84.9 cm³/mol. The average molecular weight is 302 g/mol. The number of thiazole rings is 1. The Labute approximate surface area is 126 Å². The summed E-state index contributed by atoms with van der Waals surface area (Å²) >= 11 is 3.30. The lowest BCUT2D eigenvalue weighted by Crippen LogP contribution is -2.38. The molecule has 0 unspecified atom stereocenters. The van der Waals surface area contributed by atoms with Crippen LogP contribution in [0.1, 0.15) is 25.8 Å². The van der Waals surface area contributed by atoms with Crippen LogP contribution in [0.25, 0.3) is 10.1 Å². The zero-order valence-corrected chi connectivity index (χ0v) is 13.4. The van der Waals surface area contributed by atoms with Crippen LogP contribution in [0.5, 0.6) is 0 Å². The van der Waals surface area contributed by atoms with Crippen molar-refractivity contribution in [2.75, 3.05) is 0 Å². The van der Waals surface area contributed by atoms with Crippen molar-refractivity contribution in [1.82, 2.24) is 0 Å². The maximum absolute atomic E-state index is 12.6. The minimum atomic E-state index is 0.203. The molecule has 2 aromatic heterocycles. The number of benzene rings is 1. The monoisotopic (exact) mass is 302 g/mol. The molecular formula is C16H16NOS2+. The molecule has 0 saturated carbocycles. The highest BCUT2D eigenvalue weighted by Gasteiger charge is 2.21. The second kappa shape index (κ2) is 5.11. The van der Waals surface area contributed by atoms with Gasteiger partial charge in [-0.2, -0.15) is 4.57 Å². The molecule has 1 aromatic carbocycles. The molecule has 0 aliphatic carbocycles. The summed E-state index contributed by atoms with van der Waals surface area (Å²) in [4.78, 5) is 14.7. The molecule has 0 spiro atoms. The summed E-state index contributed by atoms with van der Waals surface area (Å²) in [5, 5.41) is 1.20. The number of fused-ring (bicyclic) bond motifs is 1. The highest BCUT2D eigenvalue weighted by molar-refractivity contribution is 7.21. The molecule has 4 heteroatoms. The molecular weight excluding hydrogens is 286 g/mol. The summed E-state index contributed by atoms with van der Waals surface area (Å²) < 4.78 is 3.24. The van der Waals surface area contributed by atoms with Crippen LogP contribution in [0.15, 0.2) is 29.8 Å². The van der Waals surface area contributed by atoms with Gasteiger partial charge < -0.3 is 0 Å². The predicted octanol–water partition coefficient (Wildman–Crippen LogP) is 4.06. The van der Waals surface area contributed by atoms with E-state index in [4.69, 9.17) is 0 Å². The van der Waals surface area contributed by atoms with Crippen LogP contribution in [0.3, 0.4) is 0 Å². The maximum atomic E-state index is 12.6. The molecule has 0 atom stereocenters. The number of carbonyl (C=O) groups is 1. The van der Waals surface area contributed by atoms with Crippen molar-refractivity contribution in [3.63, 3.8) is 0 Å². The highest BCUT2D eigenvalue weighted by Crippen LogP contribution is 2.30. The molecule has 102 valence electrons. The molecule has 2 heterocycles. The third-order valence-corrected chi connectivity index (χ3v) is 6.03. The fourth-order valence-corrected chi connectivity index (χ4v) is 4.28. The Morgan fingerprint density at radius 3 is 2.60 bits per heavy atom. The van der Waals surface area contributed by atoms with Crippen molar-refractivity contribution in [3.05, 3.63) is 50.8 Å². The van der Waals surface area contributed by atoms with Crippen molar-refractivity contribution in [1.29, 1.82) is 0 Å². The molecule has 0 aliphatic rings. The molecule has 0 aliphatic heterocycles. The van der Waals surface area contributed by atoms with Crippen molar-refractivity contribution < 1.29 is 9.36 Å². The number of ketones is 1. The zero-order valence-electron chi connectivity index (χ0n) is 11.8. The molecule has 2 nitrogen and oxygen atoms in total. The van der Waals surface area contributed by atoms with Crippen molar-refractivity contribution in [2.24, 2.45) is 0 Å². The Balaban J connectivity index is 1.97. The van der Waals surface area contributed by atoms with Gasteiger partial charge in [0.25, 0.3) is 0 Å². The normalized spacial score (nSPS) is 11.2. The topological polar surface area (TPSA) is 20.9 Å². The summed E-state index contributed by atoms with van der Waals surface area (Å²) in [7, 11) is 0. The van der Waals surface area contributed by atoms with Crippen molar-refractivity contribution in [3.8, 4) is 0 Å². The van der Waals surface area contributed by atoms with Crippen LogP contribution >= 0.6 is 22.7 Å². The van der Waals surface area contributed by atoms with Crippen LogP contribution in [0.2, 0.25) is 0 Å². The molecule has 0 N–H and O–H groups in total. The van der Waals surface area contributed by atoms with E-state index in [9.17, 15) is 4.79 Å². The Bertz CT molecular complexity index is 798. The molecule has 0 saturated heterocycles. The first kappa shape index (κ1) is 13.5. The Morgan fingerprint density at radius 2 is 1.95 bits per heavy atom. The summed E-state index contributed by atoms with van der Waals surface area (Å²) in [6.45, 7) is 6.63. The number of thiophene rings is 1. The number of hydrogen-bond acceptors (Lipinski definition) is 3. The van der Waals surface area contributed by atoms with Crippen LogP contribution in [0, 0.1) is 20.8 Å². The molecule has 0 radical (unpaired) electrons. The average Bonchev–Trinajstić information content (AvgIpc) is 2.94. The first-order valence-electron chi connectivity index (χ1n) is 6.53. The third kappa shape index (κ3) is 2.19. The fraction of sp³-hybridized carbons (Fsp3) is 0.250. The number of carbonyl (C=O) groups excluding carboxylic acids is 1. The van der Waals surface area contributed by atoms with Crippen LogP contribution < -0.4 is 4.57 Å². The summed E-state index contributed by atoms with van der Waals surface area (Å²) in [5.41, 5.74) is 4.33. The largest absolute Gasteiger partial charge is 0.286 e. The van der Waals surface area contributed by atoms with Gasteiger partial charge >= 0.3 is 0 Å². The molecule has 0 amide bonds. The number of hydrogen-bond donors (Lipinski definition) is 0. The number of aromatic nitrogens is 1. The SMILES string of the molecule is Cc1sc[n+](CC(=O)c2sc3ccccc3c2C)c1C. The van der Waals surface area contributed by atoms with E-state index >= 15 is 0 Å². The minimum absolute atomic E-state index is 0.203. The van der Waals surface area contributed by atoms with Crippen molar-refractivity contribution >= 4 is 38.5 Å². The standard InChI is InChI=1S/C16H16NOS2/c1-10-13-6-4-5-7-15(13)20-16(10)14(18)8-17-9-19-12(3)11(17)2/h4-7,9H,8H2,1-3H3/q+1. The van der Waals surface area contributed by atoms with Gasteiger partial charge in [0.05, 0.1) is 9.75 Å². The molecule has 0 bridgehead atoms. The van der Waals surface area contributed by atoms with Gasteiger partial charge in [-0.3, -0.25) is 4.79 Å². The van der Waals surface area contributed by atoms with Gasteiger partial charge in [-0.1, -0.05) is 29.5 Å². The first-order chi connectivity index (χ1) is 9.58. The smallest absolute Gasteiger partial charge is 0.237 e. The lowest BCUT2D eigenvalue weighted by Gasteiger charge is -1.96. The van der Waals surface area contributed by atoms with Gasteiger partial charge in [-0.15, -0.1) is 11.3 Å². The van der Waals surface area contributed by atoms with E-state index < -0.39 is 0 Å². The zero-order chi connectivity index (χ0) is 14.3. The second-order valence-electron chi connectivity index (χ2n) is 4.97. The number of Topliss-reactive ketones (excluding diaryl/α,β-unsaturated/α-hetero) is 1. The van der Waals surface area contributed by atoms with Crippen LogP contribution in [-0.4, -0.2) is 5.78 Å². The number of rotatable bonds is 3. The summed E-state index contributed by atoms with van der Waals surface area (Å²) in [5.74, 6) is 0.203. The molecule has 3 rings (SSSR count). The van der Waals surface area contributed by atoms with E-state index in [1.165, 1.54) is 20.7 Å². The lowest BCUT2D eigenvalue weighted by molar-refractivity contribution is -0.684. The minimum Gasteiger partial charge on any atom is -0.286 e. The van der Waals surface area contributed by atoms with Crippen molar-refractivity contribution in [2.45, 2.75) is 27.3 Å². The van der Waals surface area contributed by atoms with Crippen LogP contribution in [0.4, 0.5) is 0 Å². The molecule has 0 fully saturated rings.